The van der Waals surface area contributed by atoms with Crippen LogP contribution in [0.5, 0.6) is 0 Å². The van der Waals surface area contributed by atoms with Crippen molar-refractivity contribution in [1.82, 2.24) is 4.57 Å². The van der Waals surface area contributed by atoms with Gasteiger partial charge in [0.25, 0.3) is 0 Å². The number of fused-ring (bicyclic) bond motifs is 2. The number of nitrogens with zero attached hydrogens (tertiary/aromatic N) is 1. The second-order valence-electron chi connectivity index (χ2n) is 6.93. The van der Waals surface area contributed by atoms with Crippen LogP contribution in [0, 0.1) is 0 Å². The van der Waals surface area contributed by atoms with E-state index >= 15 is 0 Å². The Labute approximate surface area is 174 Å². The molecule has 0 N–H and O–H groups in total. The summed E-state index contributed by atoms with van der Waals surface area (Å²) in [5.41, 5.74) is -0.0117. The van der Waals surface area contributed by atoms with Crippen LogP contribution < -0.4 is 0 Å². The first kappa shape index (κ1) is 20.3. The molecule has 0 aliphatic rings. The Kier molecular flexibility index (Phi) is 5.24. The molecular formula is C22H17ClF3NO3. The number of carbonyl (C=O) groups excluding carboxylic acids is 1. The van der Waals surface area contributed by atoms with Crippen molar-refractivity contribution in [2.75, 3.05) is 6.61 Å². The standard InChI is InChI=1S/C22H17ClF3NO3/c1-2-7-29-21(28)18-11-15(22(24,25)26)8-13-5-6-27(20(13)18)12-17-10-14-9-16(23)3-4-19(14)30-17/h3-6,8-11H,2,7,12H2,1H3. The molecule has 0 aliphatic carbocycles. The first-order chi connectivity index (χ1) is 14.3. The molecule has 0 saturated carbocycles. The van der Waals surface area contributed by atoms with Gasteiger partial charge in [0.2, 0.25) is 0 Å². The number of halogens is 4. The van der Waals surface area contributed by atoms with Gasteiger partial charge in [-0.3, -0.25) is 0 Å². The van der Waals surface area contributed by atoms with Crippen LogP contribution in [0.15, 0.2) is 53.1 Å². The Balaban J connectivity index is 1.80. The molecule has 2 aromatic heterocycles. The number of carbonyl (C=O) groups is 1. The lowest BCUT2D eigenvalue weighted by atomic mass is 10.1. The highest BCUT2D eigenvalue weighted by atomic mass is 35.5. The van der Waals surface area contributed by atoms with Gasteiger partial charge in [-0.05, 0) is 48.9 Å². The minimum atomic E-state index is -4.58. The topological polar surface area (TPSA) is 44.4 Å². The highest BCUT2D eigenvalue weighted by molar-refractivity contribution is 6.31. The van der Waals surface area contributed by atoms with E-state index < -0.39 is 17.7 Å². The van der Waals surface area contributed by atoms with Gasteiger partial charge in [0.1, 0.15) is 11.3 Å². The number of alkyl halides is 3. The van der Waals surface area contributed by atoms with Crippen LogP contribution in [0.4, 0.5) is 13.2 Å². The molecule has 0 spiro atoms. The summed E-state index contributed by atoms with van der Waals surface area (Å²) in [7, 11) is 0. The van der Waals surface area contributed by atoms with Gasteiger partial charge in [0.05, 0.1) is 29.8 Å². The molecule has 0 bridgehead atoms. The molecule has 0 aliphatic heterocycles. The van der Waals surface area contributed by atoms with Crippen molar-refractivity contribution in [3.05, 3.63) is 70.6 Å². The molecule has 8 heteroatoms. The van der Waals surface area contributed by atoms with Gasteiger partial charge >= 0.3 is 12.1 Å². The Morgan fingerprint density at radius 1 is 1.13 bits per heavy atom. The minimum Gasteiger partial charge on any atom is -0.462 e. The van der Waals surface area contributed by atoms with Gasteiger partial charge in [-0.25, -0.2) is 4.79 Å². The number of hydrogen-bond donors (Lipinski definition) is 0. The van der Waals surface area contributed by atoms with Crippen molar-refractivity contribution in [3.63, 3.8) is 0 Å². The van der Waals surface area contributed by atoms with Crippen LogP contribution >= 0.6 is 11.6 Å². The molecule has 0 saturated heterocycles. The summed E-state index contributed by atoms with van der Waals surface area (Å²) in [5.74, 6) is -0.207. The number of rotatable bonds is 5. The zero-order valence-electron chi connectivity index (χ0n) is 15.9. The van der Waals surface area contributed by atoms with Crippen molar-refractivity contribution in [2.24, 2.45) is 0 Å². The van der Waals surface area contributed by atoms with Crippen LogP contribution in [0.25, 0.3) is 21.9 Å². The Bertz CT molecular complexity index is 1240. The van der Waals surface area contributed by atoms with E-state index in [0.29, 0.717) is 33.7 Å². The lowest BCUT2D eigenvalue weighted by Crippen LogP contribution is -2.12. The highest BCUT2D eigenvalue weighted by Crippen LogP contribution is 2.34. The quantitative estimate of drug-likeness (QED) is 0.329. The smallest absolute Gasteiger partial charge is 0.416 e. The monoisotopic (exact) mass is 435 g/mol. The molecule has 4 nitrogen and oxygen atoms in total. The largest absolute Gasteiger partial charge is 0.462 e. The van der Waals surface area contributed by atoms with Crippen LogP contribution in [-0.4, -0.2) is 17.1 Å². The molecule has 0 unspecified atom stereocenters. The fourth-order valence-electron chi connectivity index (χ4n) is 3.39. The van der Waals surface area contributed by atoms with E-state index in [2.05, 4.69) is 0 Å². The molecule has 156 valence electrons. The zero-order valence-corrected chi connectivity index (χ0v) is 16.7. The third-order valence-electron chi connectivity index (χ3n) is 4.70. The van der Waals surface area contributed by atoms with Crippen molar-refractivity contribution in [2.45, 2.75) is 26.1 Å². The maximum Gasteiger partial charge on any atom is 0.416 e. The van der Waals surface area contributed by atoms with Crippen LogP contribution in [-0.2, 0) is 17.5 Å². The second kappa shape index (κ2) is 7.72. The average Bonchev–Trinajstić information content (AvgIpc) is 3.28. The summed E-state index contributed by atoms with van der Waals surface area (Å²) in [6.07, 6.45) is -2.38. The normalized spacial score (nSPS) is 12.0. The van der Waals surface area contributed by atoms with E-state index in [9.17, 15) is 18.0 Å². The predicted molar refractivity (Wildman–Crippen MR) is 108 cm³/mol. The van der Waals surface area contributed by atoms with Crippen molar-refractivity contribution >= 4 is 39.4 Å². The molecule has 2 aromatic carbocycles. The molecule has 30 heavy (non-hydrogen) atoms. The van der Waals surface area contributed by atoms with Gasteiger partial charge < -0.3 is 13.7 Å². The molecule has 0 atom stereocenters. The summed E-state index contributed by atoms with van der Waals surface area (Å²) in [6, 6.07) is 10.4. The fraction of sp³-hybridized carbons (Fsp3) is 0.227. The molecule has 0 radical (unpaired) electrons. The van der Waals surface area contributed by atoms with Crippen molar-refractivity contribution < 1.29 is 27.1 Å². The first-order valence-corrected chi connectivity index (χ1v) is 9.69. The molecule has 4 aromatic rings. The fourth-order valence-corrected chi connectivity index (χ4v) is 3.57. The summed E-state index contributed by atoms with van der Waals surface area (Å²) in [5, 5.41) is 1.69. The van der Waals surface area contributed by atoms with E-state index in [4.69, 9.17) is 20.8 Å². The highest BCUT2D eigenvalue weighted by Gasteiger charge is 2.33. The summed E-state index contributed by atoms with van der Waals surface area (Å²) in [4.78, 5) is 12.5. The van der Waals surface area contributed by atoms with Crippen LogP contribution in [0.1, 0.15) is 35.0 Å². The van der Waals surface area contributed by atoms with E-state index in [1.165, 1.54) is 0 Å². The number of aromatic nitrogens is 1. The van der Waals surface area contributed by atoms with E-state index in [1.807, 2.05) is 13.0 Å². The third kappa shape index (κ3) is 3.89. The number of hydrogen-bond acceptors (Lipinski definition) is 3. The Morgan fingerprint density at radius 2 is 1.93 bits per heavy atom. The maximum absolute atomic E-state index is 13.3. The van der Waals surface area contributed by atoms with Crippen LogP contribution in [0.2, 0.25) is 5.02 Å². The molecule has 0 fully saturated rings. The number of esters is 1. The lowest BCUT2D eigenvalue weighted by Gasteiger charge is -2.13. The van der Waals surface area contributed by atoms with Gasteiger partial charge in [0, 0.05) is 22.0 Å². The molecule has 0 amide bonds. The summed E-state index contributed by atoms with van der Waals surface area (Å²) >= 11 is 6.01. The molecule has 4 rings (SSSR count). The van der Waals surface area contributed by atoms with Crippen molar-refractivity contribution in [1.29, 1.82) is 0 Å². The minimum absolute atomic E-state index is 0.127. The number of furan rings is 1. The maximum atomic E-state index is 13.3. The Hall–Kier alpha value is -2.93. The number of benzene rings is 2. The summed E-state index contributed by atoms with van der Waals surface area (Å²) < 4.78 is 52.6. The van der Waals surface area contributed by atoms with E-state index in [0.717, 1.165) is 17.5 Å². The van der Waals surface area contributed by atoms with Crippen molar-refractivity contribution in [3.8, 4) is 0 Å². The van der Waals surface area contributed by atoms with Gasteiger partial charge in [0.15, 0.2) is 0 Å². The summed E-state index contributed by atoms with van der Waals surface area (Å²) in [6.45, 7) is 2.17. The van der Waals surface area contributed by atoms with E-state index in [-0.39, 0.29) is 18.7 Å². The van der Waals surface area contributed by atoms with Gasteiger partial charge in [-0.2, -0.15) is 13.2 Å². The third-order valence-corrected chi connectivity index (χ3v) is 4.94. The van der Waals surface area contributed by atoms with Gasteiger partial charge in [-0.1, -0.05) is 18.5 Å². The number of ether oxygens (including phenoxy) is 1. The van der Waals surface area contributed by atoms with Gasteiger partial charge in [-0.15, -0.1) is 0 Å². The van der Waals surface area contributed by atoms with E-state index in [1.54, 1.807) is 35.0 Å². The van der Waals surface area contributed by atoms with Crippen LogP contribution in [0.3, 0.4) is 0 Å². The zero-order chi connectivity index (χ0) is 21.5. The first-order valence-electron chi connectivity index (χ1n) is 9.31. The molecule has 2 heterocycles. The molecular weight excluding hydrogens is 419 g/mol. The SMILES string of the molecule is CCCOC(=O)c1cc(C(F)(F)F)cc2ccn(Cc3cc4cc(Cl)ccc4o3)c12. The lowest BCUT2D eigenvalue weighted by molar-refractivity contribution is -0.137. The second-order valence-corrected chi connectivity index (χ2v) is 7.37. The predicted octanol–water partition coefficient (Wildman–Crippen LogP) is 6.67. The average molecular weight is 436 g/mol. The Morgan fingerprint density at radius 3 is 2.67 bits per heavy atom.